The quantitative estimate of drug-likeness (QED) is 0.0732. The van der Waals surface area contributed by atoms with Crippen molar-refractivity contribution in [1.29, 1.82) is 0 Å². The van der Waals surface area contributed by atoms with Crippen LogP contribution in [0.15, 0.2) is 145 Å². The van der Waals surface area contributed by atoms with Crippen LogP contribution in [0, 0.1) is 38.5 Å². The second-order valence-corrected chi connectivity index (χ2v) is 26.7. The molecule has 3 aliphatic heterocycles. The van der Waals surface area contributed by atoms with E-state index in [0.29, 0.717) is 71.9 Å². The molecule has 3 saturated heterocycles. The van der Waals surface area contributed by atoms with Crippen molar-refractivity contribution in [3.63, 3.8) is 0 Å². The summed E-state index contributed by atoms with van der Waals surface area (Å²) in [6.07, 6.45) is 15.4. The fourth-order valence-electron chi connectivity index (χ4n) is 11.8. The zero-order chi connectivity index (χ0) is 65.9. The van der Waals surface area contributed by atoms with Gasteiger partial charge in [-0.2, -0.15) is 0 Å². The predicted octanol–water partition coefficient (Wildman–Crippen LogP) is 12.1. The molecule has 6 atom stereocenters. The van der Waals surface area contributed by atoms with Crippen molar-refractivity contribution >= 4 is 104 Å². The zero-order valence-electron chi connectivity index (χ0n) is 52.6. The lowest BCUT2D eigenvalue weighted by Gasteiger charge is -2.38. The van der Waals surface area contributed by atoms with Crippen molar-refractivity contribution in [3.8, 4) is 31.3 Å². The molecule has 3 aliphatic rings. The van der Waals surface area contributed by atoms with Gasteiger partial charge in [0.25, 0.3) is 0 Å². The minimum Gasteiger partial charge on any atom is -0.383 e. The maximum absolute atomic E-state index is 13.1. The number of hydrogen-bond donors (Lipinski definition) is 6. The SMILES string of the molecule is Cc1cc(NC(=O)C(=O)N2CC(C)CCC2c2ccc(-c3cncs3)cc2)cnc1N.Cc1cc(NC(=O)C(=O)N2C[C@@H](C)CC[C@@H]2c2ccc(-c3cncs3)cc2)cnc1N.Cc1cc(NC(=O)C(=O)N2C[C@H](C)CC[C@H]2c2ccc(-c3cncs3)cc2)cnc1N. The fourth-order valence-corrected chi connectivity index (χ4v) is 13.6. The minimum absolute atomic E-state index is 0.128. The number of nitrogens with two attached hydrogens (primary N) is 3. The zero-order valence-corrected chi connectivity index (χ0v) is 55.1. The van der Waals surface area contributed by atoms with Gasteiger partial charge in [0.15, 0.2) is 0 Å². The highest BCUT2D eigenvalue weighted by atomic mass is 32.1. The van der Waals surface area contributed by atoms with Gasteiger partial charge in [0.1, 0.15) is 17.5 Å². The van der Waals surface area contributed by atoms with Crippen molar-refractivity contribution in [2.45, 2.75) is 98.2 Å². The first-order valence-electron chi connectivity index (χ1n) is 30.7. The molecule has 3 fully saturated rings. The molecule has 24 heteroatoms. The summed E-state index contributed by atoms with van der Waals surface area (Å²) in [7, 11) is 0. The Labute approximate surface area is 552 Å². The molecule has 0 radical (unpaired) electrons. The van der Waals surface area contributed by atoms with E-state index in [-0.39, 0.29) is 18.1 Å². The van der Waals surface area contributed by atoms with E-state index in [2.05, 4.69) is 66.6 Å². The number of aromatic nitrogens is 6. The summed E-state index contributed by atoms with van der Waals surface area (Å²) in [5.41, 5.74) is 32.6. The van der Waals surface area contributed by atoms with Crippen LogP contribution in [0.25, 0.3) is 31.3 Å². The predicted molar refractivity (Wildman–Crippen MR) is 367 cm³/mol. The monoisotopic (exact) mass is 1310 g/mol. The van der Waals surface area contributed by atoms with E-state index in [1.807, 2.05) is 108 Å². The van der Waals surface area contributed by atoms with Gasteiger partial charge < -0.3 is 47.9 Å². The minimum atomic E-state index is -0.661. The molecule has 3 aromatic carbocycles. The van der Waals surface area contributed by atoms with Crippen LogP contribution in [-0.4, -0.2) is 99.7 Å². The maximum Gasteiger partial charge on any atom is 0.313 e. The molecule has 0 aliphatic carbocycles. The Morgan fingerprint density at radius 3 is 0.882 bits per heavy atom. The van der Waals surface area contributed by atoms with E-state index in [4.69, 9.17) is 17.2 Å². The number of aryl methyl sites for hydroxylation is 3. The van der Waals surface area contributed by atoms with E-state index >= 15 is 0 Å². The second-order valence-electron chi connectivity index (χ2n) is 24.1. The third-order valence-corrected chi connectivity index (χ3v) is 19.5. The van der Waals surface area contributed by atoms with Gasteiger partial charge in [0.05, 0.1) is 84.9 Å². The number of piperidine rings is 3. The van der Waals surface area contributed by atoms with Crippen LogP contribution >= 0.6 is 34.0 Å². The van der Waals surface area contributed by atoms with Crippen molar-refractivity contribution in [3.05, 3.63) is 178 Å². The Morgan fingerprint density at radius 2 is 0.656 bits per heavy atom. The largest absolute Gasteiger partial charge is 0.383 e. The molecule has 0 saturated carbocycles. The lowest BCUT2D eigenvalue weighted by Crippen LogP contribution is -2.46. The smallest absolute Gasteiger partial charge is 0.313 e. The lowest BCUT2D eigenvalue weighted by atomic mass is 9.89. The third kappa shape index (κ3) is 16.5. The molecule has 93 heavy (non-hydrogen) atoms. The number of rotatable bonds is 9. The maximum atomic E-state index is 13.1. The number of amides is 6. The van der Waals surface area contributed by atoms with Crippen LogP contribution in [0.3, 0.4) is 0 Å². The fraction of sp³-hybridized carbons (Fsp3) is 0.304. The number of hydrogen-bond acceptors (Lipinski definition) is 18. The number of nitrogens with one attached hydrogen (secondary N) is 3. The molecule has 9 aromatic rings. The van der Waals surface area contributed by atoms with Crippen molar-refractivity contribution in [2.24, 2.45) is 17.8 Å². The number of nitrogens with zero attached hydrogens (tertiary/aromatic N) is 9. The van der Waals surface area contributed by atoms with Crippen molar-refractivity contribution in [1.82, 2.24) is 44.6 Å². The molecule has 9 heterocycles. The number of pyridine rings is 3. The van der Waals surface area contributed by atoms with Gasteiger partial charge >= 0.3 is 35.4 Å². The molecule has 480 valence electrons. The average Bonchev–Trinajstić information content (AvgIpc) is 1.48. The molecule has 6 amide bonds. The normalized spacial score (nSPS) is 18.6. The summed E-state index contributed by atoms with van der Waals surface area (Å²) in [5, 5.41) is 8.00. The summed E-state index contributed by atoms with van der Waals surface area (Å²) in [6.45, 7) is 13.4. The highest BCUT2D eigenvalue weighted by Gasteiger charge is 2.37. The molecular formula is C69H75N15O6S3. The van der Waals surface area contributed by atoms with E-state index in [1.54, 1.807) is 87.7 Å². The Kier molecular flexibility index (Phi) is 21.4. The number of benzene rings is 3. The van der Waals surface area contributed by atoms with Gasteiger partial charge in [-0.3, -0.25) is 43.7 Å². The first-order chi connectivity index (χ1) is 44.8. The van der Waals surface area contributed by atoms with E-state index in [1.165, 1.54) is 18.6 Å². The van der Waals surface area contributed by atoms with Gasteiger partial charge in [0.2, 0.25) is 0 Å². The van der Waals surface area contributed by atoms with Crippen LogP contribution in [-0.2, 0) is 28.8 Å². The molecule has 12 rings (SSSR count). The first kappa shape index (κ1) is 66.2. The third-order valence-electron chi connectivity index (χ3n) is 17.0. The van der Waals surface area contributed by atoms with Crippen molar-refractivity contribution in [2.75, 3.05) is 52.8 Å². The molecule has 2 unspecified atom stereocenters. The number of anilines is 6. The van der Waals surface area contributed by atoms with Crippen molar-refractivity contribution < 1.29 is 28.8 Å². The van der Waals surface area contributed by atoms with Gasteiger partial charge in [-0.1, -0.05) is 93.6 Å². The number of likely N-dealkylation sites (tertiary alicyclic amines) is 3. The van der Waals surface area contributed by atoms with Gasteiger partial charge in [-0.05, 0) is 145 Å². The highest BCUT2D eigenvalue weighted by molar-refractivity contribution is 7.13. The van der Waals surface area contributed by atoms with Gasteiger partial charge in [-0.25, -0.2) is 15.0 Å². The van der Waals surface area contributed by atoms with Crippen LogP contribution in [0.1, 0.15) is 111 Å². The number of carbonyl (C=O) groups excluding carboxylic acids is 6. The van der Waals surface area contributed by atoms with Crippen LogP contribution in [0.5, 0.6) is 0 Å². The summed E-state index contributed by atoms with van der Waals surface area (Å²) in [4.78, 5) is 110. The lowest BCUT2D eigenvalue weighted by molar-refractivity contribution is -0.146. The molecule has 6 aromatic heterocycles. The van der Waals surface area contributed by atoms with Gasteiger partial charge in [-0.15, -0.1) is 34.0 Å². The first-order valence-corrected chi connectivity index (χ1v) is 33.4. The number of thiazole rings is 3. The van der Waals surface area contributed by atoms with Gasteiger partial charge in [0, 0.05) is 38.2 Å². The number of carbonyl (C=O) groups is 6. The number of nitrogen functional groups attached to an aromatic ring is 3. The topological polar surface area (TPSA) is 304 Å². The average molecular weight is 1310 g/mol. The summed E-state index contributed by atoms with van der Waals surface area (Å²) < 4.78 is 0. The van der Waals surface area contributed by atoms with E-state index in [0.717, 1.165) is 103 Å². The Bertz CT molecular complexity index is 3660. The second kappa shape index (κ2) is 30.1. The van der Waals surface area contributed by atoms with Crippen LogP contribution in [0.2, 0.25) is 0 Å². The molecule has 0 bridgehead atoms. The molecule has 0 spiro atoms. The van der Waals surface area contributed by atoms with Crippen LogP contribution < -0.4 is 33.2 Å². The Morgan fingerprint density at radius 1 is 0.398 bits per heavy atom. The summed E-state index contributed by atoms with van der Waals surface area (Å²) >= 11 is 4.76. The summed E-state index contributed by atoms with van der Waals surface area (Å²) in [5.74, 6) is -1.36. The van der Waals surface area contributed by atoms with E-state index in [9.17, 15) is 28.8 Å². The standard InChI is InChI=1S/3C23H25N5O2S/c3*1-14-3-8-19(16-4-6-17(7-5-16)20-11-25-13-31-20)28(12-14)23(30)22(29)27-18-9-15(2)21(24)26-10-18/h3*4-7,9-11,13-14,19H,3,8,12H2,1-2H3,(H2,24,26)(H,27,29)/t2*14-,19+;/m10./s1. The van der Waals surface area contributed by atoms with E-state index < -0.39 is 35.4 Å². The van der Waals surface area contributed by atoms with Crippen LogP contribution in [0.4, 0.5) is 34.5 Å². The summed E-state index contributed by atoms with van der Waals surface area (Å²) in [6, 6.07) is 29.3. The highest BCUT2D eigenvalue weighted by Crippen LogP contribution is 2.39. The Balaban J connectivity index is 0.000000153. The Hall–Kier alpha value is -9.78. The molecule has 21 nitrogen and oxygen atoms in total. The molecule has 9 N–H and O–H groups in total. The molecular weight excluding hydrogens is 1230 g/mol.